The molecule has 2 amide bonds. The number of aliphatic hydroxyl groups is 1. The first-order valence-corrected chi connectivity index (χ1v) is 9.73. The van der Waals surface area contributed by atoms with Gasteiger partial charge in [0, 0.05) is 32.6 Å². The van der Waals surface area contributed by atoms with E-state index in [0.29, 0.717) is 43.7 Å². The SMILES string of the molecule is C=CC(=O)N1CCN(C(=O)CCc2cc(-c3ccccc3)c(CO)cc2O)CC1. The first-order valence-electron chi connectivity index (χ1n) is 9.73. The Morgan fingerprint density at radius 2 is 1.66 bits per heavy atom. The predicted molar refractivity (Wildman–Crippen MR) is 111 cm³/mol. The van der Waals surface area contributed by atoms with Crippen molar-refractivity contribution >= 4 is 11.8 Å². The van der Waals surface area contributed by atoms with Gasteiger partial charge in [0.2, 0.25) is 11.8 Å². The van der Waals surface area contributed by atoms with Crippen LogP contribution in [0.3, 0.4) is 0 Å². The molecule has 3 rings (SSSR count). The topological polar surface area (TPSA) is 81.1 Å². The highest BCUT2D eigenvalue weighted by molar-refractivity contribution is 5.87. The number of carbonyl (C=O) groups is 2. The predicted octanol–water partition coefficient (Wildman–Crippen LogP) is 2.34. The minimum absolute atomic E-state index is 0.00241. The summed E-state index contributed by atoms with van der Waals surface area (Å²) >= 11 is 0. The smallest absolute Gasteiger partial charge is 0.246 e. The van der Waals surface area contributed by atoms with Gasteiger partial charge in [-0.3, -0.25) is 9.59 Å². The molecular weight excluding hydrogens is 368 g/mol. The van der Waals surface area contributed by atoms with Crippen LogP contribution >= 0.6 is 0 Å². The van der Waals surface area contributed by atoms with Gasteiger partial charge < -0.3 is 20.0 Å². The molecular formula is C23H26N2O4. The second-order valence-corrected chi connectivity index (χ2v) is 7.07. The molecule has 1 aliphatic heterocycles. The zero-order valence-corrected chi connectivity index (χ0v) is 16.4. The number of aromatic hydroxyl groups is 1. The van der Waals surface area contributed by atoms with Gasteiger partial charge in [0.25, 0.3) is 0 Å². The fraction of sp³-hybridized carbons (Fsp3) is 0.304. The van der Waals surface area contributed by atoms with Crippen LogP contribution in [0.2, 0.25) is 0 Å². The number of rotatable bonds is 6. The highest BCUT2D eigenvalue weighted by Crippen LogP contribution is 2.31. The van der Waals surface area contributed by atoms with Gasteiger partial charge in [-0.2, -0.15) is 0 Å². The van der Waals surface area contributed by atoms with E-state index in [1.165, 1.54) is 6.08 Å². The molecule has 0 radical (unpaired) electrons. The summed E-state index contributed by atoms with van der Waals surface area (Å²) in [5.41, 5.74) is 3.12. The van der Waals surface area contributed by atoms with Gasteiger partial charge in [-0.15, -0.1) is 0 Å². The Bertz CT molecular complexity index is 887. The van der Waals surface area contributed by atoms with Gasteiger partial charge in [0.05, 0.1) is 6.61 Å². The van der Waals surface area contributed by atoms with Crippen LogP contribution in [0.1, 0.15) is 17.5 Å². The molecule has 2 aromatic rings. The molecule has 1 heterocycles. The number of carbonyl (C=O) groups excluding carboxylic acids is 2. The number of aliphatic hydroxyl groups excluding tert-OH is 1. The average molecular weight is 394 g/mol. The molecule has 0 unspecified atom stereocenters. The number of phenols is 1. The summed E-state index contributed by atoms with van der Waals surface area (Å²) in [7, 11) is 0. The molecule has 0 bridgehead atoms. The Kier molecular flexibility index (Phi) is 6.67. The van der Waals surface area contributed by atoms with Crippen LogP contribution < -0.4 is 0 Å². The Morgan fingerprint density at radius 3 is 2.28 bits per heavy atom. The van der Waals surface area contributed by atoms with Crippen LogP contribution in [0, 0.1) is 0 Å². The summed E-state index contributed by atoms with van der Waals surface area (Å²) < 4.78 is 0. The lowest BCUT2D eigenvalue weighted by molar-refractivity contribution is -0.137. The molecule has 2 N–H and O–H groups in total. The van der Waals surface area contributed by atoms with Crippen molar-refractivity contribution in [1.82, 2.24) is 9.80 Å². The third-order valence-corrected chi connectivity index (χ3v) is 5.29. The zero-order chi connectivity index (χ0) is 20.8. The van der Waals surface area contributed by atoms with Crippen LogP contribution in [-0.2, 0) is 22.6 Å². The number of nitrogens with zero attached hydrogens (tertiary/aromatic N) is 2. The van der Waals surface area contributed by atoms with Crippen molar-refractivity contribution in [2.24, 2.45) is 0 Å². The molecule has 29 heavy (non-hydrogen) atoms. The fourth-order valence-corrected chi connectivity index (χ4v) is 3.60. The number of amides is 2. The van der Waals surface area contributed by atoms with E-state index in [1.54, 1.807) is 15.9 Å². The summed E-state index contributed by atoms with van der Waals surface area (Å²) in [5, 5.41) is 20.0. The second-order valence-electron chi connectivity index (χ2n) is 7.07. The van der Waals surface area contributed by atoms with Crippen molar-refractivity contribution in [2.75, 3.05) is 26.2 Å². The van der Waals surface area contributed by atoms with E-state index in [4.69, 9.17) is 0 Å². The fourth-order valence-electron chi connectivity index (χ4n) is 3.60. The number of hydrogen-bond acceptors (Lipinski definition) is 4. The molecule has 6 heteroatoms. The first kappa shape index (κ1) is 20.6. The van der Waals surface area contributed by atoms with Crippen LogP contribution in [0.4, 0.5) is 0 Å². The van der Waals surface area contributed by atoms with Gasteiger partial charge >= 0.3 is 0 Å². The Morgan fingerprint density at radius 1 is 1.00 bits per heavy atom. The van der Waals surface area contributed by atoms with E-state index >= 15 is 0 Å². The molecule has 0 aliphatic carbocycles. The maximum absolute atomic E-state index is 12.6. The summed E-state index contributed by atoms with van der Waals surface area (Å²) in [6.45, 7) is 5.33. The minimum Gasteiger partial charge on any atom is -0.508 e. The summed E-state index contributed by atoms with van der Waals surface area (Å²) in [5.74, 6) is -0.0232. The van der Waals surface area contributed by atoms with Gasteiger partial charge in [-0.05, 0) is 46.9 Å². The lowest BCUT2D eigenvalue weighted by Crippen LogP contribution is -2.50. The van der Waals surface area contributed by atoms with Crippen molar-refractivity contribution in [1.29, 1.82) is 0 Å². The summed E-state index contributed by atoms with van der Waals surface area (Å²) in [4.78, 5) is 27.7. The van der Waals surface area contributed by atoms with Crippen molar-refractivity contribution in [3.05, 3.63) is 66.2 Å². The number of hydrogen-bond donors (Lipinski definition) is 2. The highest BCUT2D eigenvalue weighted by Gasteiger charge is 2.23. The van der Waals surface area contributed by atoms with Crippen LogP contribution in [0.25, 0.3) is 11.1 Å². The first-order chi connectivity index (χ1) is 14.0. The molecule has 152 valence electrons. The number of phenolic OH excluding ortho intramolecular Hbond substituents is 1. The van der Waals surface area contributed by atoms with Crippen molar-refractivity contribution in [2.45, 2.75) is 19.4 Å². The van der Waals surface area contributed by atoms with Gasteiger partial charge in [-0.25, -0.2) is 0 Å². The second kappa shape index (κ2) is 9.39. The third-order valence-electron chi connectivity index (χ3n) is 5.29. The molecule has 1 aliphatic rings. The van der Waals surface area contributed by atoms with E-state index in [2.05, 4.69) is 6.58 Å². The molecule has 0 saturated carbocycles. The average Bonchev–Trinajstić information content (AvgIpc) is 2.77. The number of piperazine rings is 1. The number of benzene rings is 2. The standard InChI is InChI=1S/C23H26N2O4/c1-2-22(28)24-10-12-25(13-11-24)23(29)9-8-18-14-20(17-6-4-3-5-7-17)19(16-26)15-21(18)27/h2-7,14-15,26-27H,1,8-13,16H2. The number of aryl methyl sites for hydroxylation is 1. The Labute approximate surface area is 170 Å². The molecule has 0 atom stereocenters. The Balaban J connectivity index is 1.67. The van der Waals surface area contributed by atoms with Crippen molar-refractivity contribution < 1.29 is 19.8 Å². The zero-order valence-electron chi connectivity index (χ0n) is 16.4. The molecule has 1 saturated heterocycles. The molecule has 0 spiro atoms. The molecule has 1 fully saturated rings. The Hall–Kier alpha value is -3.12. The van der Waals surface area contributed by atoms with E-state index in [-0.39, 0.29) is 30.6 Å². The maximum atomic E-state index is 12.6. The lowest BCUT2D eigenvalue weighted by atomic mass is 9.95. The van der Waals surface area contributed by atoms with E-state index in [1.807, 2.05) is 36.4 Å². The molecule has 2 aromatic carbocycles. The van der Waals surface area contributed by atoms with Gasteiger partial charge in [-0.1, -0.05) is 36.9 Å². The summed E-state index contributed by atoms with van der Waals surface area (Å²) in [6, 6.07) is 13.1. The van der Waals surface area contributed by atoms with Crippen LogP contribution in [-0.4, -0.2) is 58.0 Å². The van der Waals surface area contributed by atoms with E-state index in [9.17, 15) is 19.8 Å². The van der Waals surface area contributed by atoms with E-state index in [0.717, 1.165) is 11.1 Å². The highest BCUT2D eigenvalue weighted by atomic mass is 16.3. The monoisotopic (exact) mass is 394 g/mol. The quantitative estimate of drug-likeness (QED) is 0.737. The normalized spacial score (nSPS) is 14.0. The van der Waals surface area contributed by atoms with Crippen molar-refractivity contribution in [3.63, 3.8) is 0 Å². The van der Waals surface area contributed by atoms with E-state index < -0.39 is 0 Å². The maximum Gasteiger partial charge on any atom is 0.246 e. The molecule has 0 aromatic heterocycles. The molecule has 6 nitrogen and oxygen atoms in total. The largest absolute Gasteiger partial charge is 0.508 e. The van der Waals surface area contributed by atoms with Crippen LogP contribution in [0.5, 0.6) is 5.75 Å². The van der Waals surface area contributed by atoms with Crippen molar-refractivity contribution in [3.8, 4) is 16.9 Å². The van der Waals surface area contributed by atoms with Crippen LogP contribution in [0.15, 0.2) is 55.1 Å². The summed E-state index contributed by atoms with van der Waals surface area (Å²) in [6.07, 6.45) is 1.97. The lowest BCUT2D eigenvalue weighted by Gasteiger charge is -2.34. The minimum atomic E-state index is -0.176. The third kappa shape index (κ3) is 4.84. The van der Waals surface area contributed by atoms with Gasteiger partial charge in [0.15, 0.2) is 0 Å². The van der Waals surface area contributed by atoms with Gasteiger partial charge in [0.1, 0.15) is 5.75 Å².